The number of carboxylic acid groups (broad SMARTS) is 2. The molecule has 256 valence electrons. The van der Waals surface area contributed by atoms with E-state index < -0.39 is 41.8 Å². The number of hydrogen-bond acceptors (Lipinski definition) is 6. The molecule has 4 N–H and O–H groups in total. The third-order valence-corrected chi connectivity index (χ3v) is 8.75. The van der Waals surface area contributed by atoms with Crippen LogP contribution >= 0.6 is 69.0 Å². The zero-order valence-corrected chi connectivity index (χ0v) is 30.6. The first-order valence-corrected chi connectivity index (χ1v) is 16.7. The van der Waals surface area contributed by atoms with Crippen molar-refractivity contribution in [3.8, 4) is 0 Å². The highest BCUT2D eigenvalue weighted by Crippen LogP contribution is 2.25. The van der Waals surface area contributed by atoms with E-state index in [4.69, 9.17) is 56.2 Å². The van der Waals surface area contributed by atoms with E-state index in [1.807, 2.05) is 24.3 Å². The van der Waals surface area contributed by atoms with Crippen molar-refractivity contribution in [2.24, 2.45) is 0 Å². The van der Waals surface area contributed by atoms with Crippen molar-refractivity contribution in [3.63, 3.8) is 0 Å². The summed E-state index contributed by atoms with van der Waals surface area (Å²) in [5.74, 6) is -4.05. The first-order valence-electron chi connectivity index (χ1n) is 14.1. The fraction of sp³-hybridized carbons (Fsp3) is 0.147. The number of methoxy groups -OCH3 is 1. The summed E-state index contributed by atoms with van der Waals surface area (Å²) in [6.07, 6.45) is 0.278. The van der Waals surface area contributed by atoms with Crippen LogP contribution in [0.1, 0.15) is 42.2 Å². The molecular formula is C34H27Cl4IN2O8. The summed E-state index contributed by atoms with van der Waals surface area (Å²) in [6.45, 7) is 0. The largest absolute Gasteiger partial charge is 0.480 e. The molecule has 15 heteroatoms. The molecule has 0 aromatic heterocycles. The van der Waals surface area contributed by atoms with Crippen molar-refractivity contribution in [3.05, 3.63) is 136 Å². The molecule has 10 nitrogen and oxygen atoms in total. The van der Waals surface area contributed by atoms with Crippen LogP contribution in [0, 0.1) is 3.57 Å². The van der Waals surface area contributed by atoms with E-state index in [1.54, 1.807) is 24.3 Å². The molecule has 0 saturated carbocycles. The molecular weight excluding hydrogens is 833 g/mol. The highest BCUT2D eigenvalue weighted by Gasteiger charge is 2.26. The van der Waals surface area contributed by atoms with E-state index in [-0.39, 0.29) is 49.6 Å². The van der Waals surface area contributed by atoms with Crippen molar-refractivity contribution in [1.29, 1.82) is 0 Å². The lowest BCUT2D eigenvalue weighted by Gasteiger charge is -2.17. The van der Waals surface area contributed by atoms with Gasteiger partial charge in [0.2, 0.25) is 0 Å². The van der Waals surface area contributed by atoms with Crippen LogP contribution in [0.3, 0.4) is 0 Å². The maximum Gasteiger partial charge on any atom is 0.335 e. The van der Waals surface area contributed by atoms with E-state index in [9.17, 15) is 29.1 Å². The van der Waals surface area contributed by atoms with Gasteiger partial charge >= 0.3 is 17.9 Å². The van der Waals surface area contributed by atoms with Crippen LogP contribution < -0.4 is 10.6 Å². The average Bonchev–Trinajstić information content (AvgIpc) is 3.05. The summed E-state index contributed by atoms with van der Waals surface area (Å²) in [5.41, 5.74) is 1.71. The van der Waals surface area contributed by atoms with Crippen molar-refractivity contribution in [2.75, 3.05) is 7.11 Å². The van der Waals surface area contributed by atoms with Gasteiger partial charge in [0, 0.05) is 16.4 Å². The number of rotatable bonds is 11. The summed E-state index contributed by atoms with van der Waals surface area (Å²) in [6, 6.07) is 20.6. The van der Waals surface area contributed by atoms with Gasteiger partial charge in [0.25, 0.3) is 11.8 Å². The van der Waals surface area contributed by atoms with E-state index in [0.717, 1.165) is 9.13 Å². The second-order valence-corrected chi connectivity index (χ2v) is 13.0. The van der Waals surface area contributed by atoms with E-state index in [0.29, 0.717) is 5.56 Å². The quantitative estimate of drug-likeness (QED) is 0.0909. The SMILES string of the molecule is COC(=O)[C@H](Cc1ccc(C(=O)O)cc1)NC(=O)c1c(Cl)cccc1Cl.O=C(N[C@@H](Cc1ccc(I)cc1)C(=O)O)c1c(Cl)cccc1Cl. The van der Waals surface area contributed by atoms with E-state index >= 15 is 0 Å². The van der Waals surface area contributed by atoms with Crippen LogP contribution in [0.5, 0.6) is 0 Å². The molecule has 0 bridgehead atoms. The van der Waals surface area contributed by atoms with Crippen LogP contribution in [0.25, 0.3) is 0 Å². The number of carboxylic acids is 2. The van der Waals surface area contributed by atoms with Gasteiger partial charge in [0.1, 0.15) is 12.1 Å². The summed E-state index contributed by atoms with van der Waals surface area (Å²) < 4.78 is 5.78. The van der Waals surface area contributed by atoms with E-state index in [2.05, 4.69) is 33.2 Å². The number of aliphatic carboxylic acids is 1. The number of ether oxygens (including phenoxy) is 1. The second-order valence-electron chi connectivity index (χ2n) is 10.1. The monoisotopic (exact) mass is 858 g/mol. The number of esters is 1. The molecule has 4 rings (SSSR count). The van der Waals surface area contributed by atoms with Gasteiger partial charge in [-0.2, -0.15) is 0 Å². The van der Waals surface area contributed by atoms with Crippen molar-refractivity contribution in [2.45, 2.75) is 24.9 Å². The Balaban J connectivity index is 0.000000267. The molecule has 0 fully saturated rings. The molecule has 4 aromatic carbocycles. The lowest BCUT2D eigenvalue weighted by molar-refractivity contribution is -0.143. The summed E-state index contributed by atoms with van der Waals surface area (Å²) in [7, 11) is 1.21. The normalized spacial score (nSPS) is 11.6. The third-order valence-electron chi connectivity index (χ3n) is 6.77. The van der Waals surface area contributed by atoms with Crippen LogP contribution in [0.15, 0.2) is 84.9 Å². The summed E-state index contributed by atoms with van der Waals surface area (Å²) >= 11 is 26.1. The molecule has 2 amide bonds. The van der Waals surface area contributed by atoms with Crippen LogP contribution in [-0.2, 0) is 27.2 Å². The fourth-order valence-corrected chi connectivity index (χ4v) is 5.80. The number of halogens is 5. The third kappa shape index (κ3) is 11.6. The predicted octanol–water partition coefficient (Wildman–Crippen LogP) is 7.23. The molecule has 0 aliphatic heterocycles. The first-order chi connectivity index (χ1) is 23.2. The van der Waals surface area contributed by atoms with Gasteiger partial charge in [-0.3, -0.25) is 9.59 Å². The maximum absolute atomic E-state index is 12.5. The molecule has 0 aliphatic carbocycles. The molecule has 2 atom stereocenters. The number of amides is 2. The summed E-state index contributed by atoms with van der Waals surface area (Å²) in [4.78, 5) is 59.1. The zero-order valence-electron chi connectivity index (χ0n) is 25.4. The molecule has 49 heavy (non-hydrogen) atoms. The van der Waals surface area contributed by atoms with Gasteiger partial charge in [-0.1, -0.05) is 82.8 Å². The van der Waals surface area contributed by atoms with Gasteiger partial charge in [-0.15, -0.1) is 0 Å². The topological polar surface area (TPSA) is 159 Å². The number of aromatic carboxylic acids is 1. The predicted molar refractivity (Wildman–Crippen MR) is 195 cm³/mol. The van der Waals surface area contributed by atoms with Crippen molar-refractivity contribution >= 4 is 98.7 Å². The number of carbonyl (C=O) groups is 5. The number of benzene rings is 4. The lowest BCUT2D eigenvalue weighted by Crippen LogP contribution is -2.43. The van der Waals surface area contributed by atoms with Crippen molar-refractivity contribution < 1.29 is 38.9 Å². The molecule has 4 aromatic rings. The summed E-state index contributed by atoms with van der Waals surface area (Å²) in [5, 5.41) is 23.9. The van der Waals surface area contributed by atoms with Crippen LogP contribution in [0.2, 0.25) is 20.1 Å². The first kappa shape index (κ1) is 39.6. The molecule has 0 aliphatic rings. The van der Waals surface area contributed by atoms with Crippen molar-refractivity contribution in [1.82, 2.24) is 10.6 Å². The minimum atomic E-state index is -1.12. The molecule has 0 heterocycles. The molecule has 0 radical (unpaired) electrons. The van der Waals surface area contributed by atoms with Crippen LogP contribution in [-0.4, -0.2) is 59.1 Å². The Morgan fingerprint density at radius 3 is 1.43 bits per heavy atom. The minimum absolute atomic E-state index is 0.0611. The van der Waals surface area contributed by atoms with Gasteiger partial charge in [-0.25, -0.2) is 14.4 Å². The smallest absolute Gasteiger partial charge is 0.335 e. The Bertz CT molecular complexity index is 1800. The Kier molecular flexibility index (Phi) is 15.1. The highest BCUT2D eigenvalue weighted by molar-refractivity contribution is 14.1. The zero-order chi connectivity index (χ0) is 36.2. The number of carbonyl (C=O) groups excluding carboxylic acids is 3. The lowest BCUT2D eigenvalue weighted by atomic mass is 10.0. The minimum Gasteiger partial charge on any atom is -0.480 e. The van der Waals surface area contributed by atoms with Gasteiger partial charge in [0.05, 0.1) is 43.9 Å². The number of nitrogens with one attached hydrogen (secondary N) is 2. The van der Waals surface area contributed by atoms with E-state index in [1.165, 1.54) is 43.5 Å². The maximum atomic E-state index is 12.5. The Morgan fingerprint density at radius 2 is 1.04 bits per heavy atom. The molecule has 0 unspecified atom stereocenters. The molecule has 0 spiro atoms. The highest BCUT2D eigenvalue weighted by atomic mass is 127. The van der Waals surface area contributed by atoms with Crippen LogP contribution in [0.4, 0.5) is 0 Å². The average molecular weight is 860 g/mol. The van der Waals surface area contributed by atoms with Gasteiger partial charge < -0.3 is 25.6 Å². The Hall–Kier alpha value is -3.88. The standard InChI is InChI=1S/C18H15Cl2NO5.C16H12Cl2INO3/c1-26-18(25)14(9-10-5-7-11(8-6-10)17(23)24)21-16(22)15-12(19)3-2-4-13(15)20;17-11-2-1-3-12(18)14(11)15(21)20-13(16(22)23)8-9-4-6-10(19)7-5-9/h2-8,14H,9H2,1H3,(H,21,22)(H,23,24);1-7,13H,8H2,(H,20,21)(H,22,23)/t14-;13-/m00/s1. The number of hydrogen-bond donors (Lipinski definition) is 4. The Morgan fingerprint density at radius 1 is 0.653 bits per heavy atom. The second kappa shape index (κ2) is 18.8. The van der Waals surface area contributed by atoms with Gasteiger partial charge in [0.15, 0.2) is 0 Å². The van der Waals surface area contributed by atoms with Gasteiger partial charge in [-0.05, 0) is 82.2 Å². The molecule has 0 saturated heterocycles. The fourth-order valence-electron chi connectivity index (χ4n) is 4.30. The Labute approximate surface area is 314 Å².